The van der Waals surface area contributed by atoms with E-state index in [4.69, 9.17) is 5.73 Å². The van der Waals surface area contributed by atoms with Crippen LogP contribution in [0.2, 0.25) is 0 Å². The summed E-state index contributed by atoms with van der Waals surface area (Å²) in [6.45, 7) is 7.67. The summed E-state index contributed by atoms with van der Waals surface area (Å²) in [5, 5.41) is 17.6. The van der Waals surface area contributed by atoms with Crippen LogP contribution >= 0.6 is 0 Å². The number of nitrogen functional groups attached to an aromatic ring is 1. The van der Waals surface area contributed by atoms with Crippen molar-refractivity contribution in [2.24, 2.45) is 0 Å². The lowest BCUT2D eigenvalue weighted by Gasteiger charge is -2.11. The number of nitrogens with two attached hydrogens (primary N) is 1. The van der Waals surface area contributed by atoms with Crippen LogP contribution in [0.15, 0.2) is 110 Å². The highest BCUT2D eigenvalue weighted by Gasteiger charge is 2.16. The monoisotopic (exact) mass is 690 g/mol. The number of para-hydroxylation sites is 4. The molecule has 4 heterocycles. The highest BCUT2D eigenvalue weighted by atomic mass is 16.6. The molecule has 0 saturated heterocycles. The van der Waals surface area contributed by atoms with Gasteiger partial charge in [0.15, 0.2) is 23.3 Å². The highest BCUT2D eigenvalue weighted by molar-refractivity contribution is 5.79. The van der Waals surface area contributed by atoms with Crippen LogP contribution in [0.25, 0.3) is 33.7 Å². The summed E-state index contributed by atoms with van der Waals surface area (Å²) in [6, 6.07) is 26.6. The number of nitro benzene ring substituents is 1. The number of nitro groups is 1. The summed E-state index contributed by atoms with van der Waals surface area (Å²) in [5.74, 6) is 3.98. The van der Waals surface area contributed by atoms with E-state index in [0.29, 0.717) is 34.6 Å². The van der Waals surface area contributed by atoms with Crippen LogP contribution in [0, 0.1) is 37.8 Å². The second-order valence-corrected chi connectivity index (χ2v) is 12.1. The number of nitrogens with one attached hydrogen (secondary N) is 2. The Labute approximate surface area is 298 Å². The van der Waals surface area contributed by atoms with Crippen LogP contribution in [0.1, 0.15) is 22.8 Å². The lowest BCUT2D eigenvalue weighted by Crippen LogP contribution is -2.04. The van der Waals surface area contributed by atoms with Gasteiger partial charge >= 0.3 is 0 Å². The molecule has 0 saturated carbocycles. The summed E-state index contributed by atoms with van der Waals surface area (Å²) >= 11 is 0. The fraction of sp³-hybridized carbons (Fsp3) is 0.105. The van der Waals surface area contributed by atoms with Crippen molar-refractivity contribution in [2.45, 2.75) is 27.7 Å². The maximum Gasteiger partial charge on any atom is 0.292 e. The van der Waals surface area contributed by atoms with Crippen LogP contribution in [-0.4, -0.2) is 44.0 Å². The average molecular weight is 691 g/mol. The number of anilines is 5. The molecule has 4 aromatic carbocycles. The second kappa shape index (κ2) is 14.0. The Hall–Kier alpha value is -7.22. The Kier molecular flexibility index (Phi) is 8.93. The summed E-state index contributed by atoms with van der Waals surface area (Å²) in [7, 11) is 0. The zero-order valence-corrected chi connectivity index (χ0v) is 28.8. The van der Waals surface area contributed by atoms with E-state index in [1.54, 1.807) is 30.7 Å². The molecule has 0 atom stereocenters. The van der Waals surface area contributed by atoms with Crippen molar-refractivity contribution in [2.75, 3.05) is 16.4 Å². The molecule has 4 aromatic heterocycles. The Balaban J connectivity index is 0.000000162. The van der Waals surface area contributed by atoms with Crippen molar-refractivity contribution in [1.29, 1.82) is 0 Å². The van der Waals surface area contributed by atoms with E-state index in [9.17, 15) is 10.1 Å². The van der Waals surface area contributed by atoms with Gasteiger partial charge in [-0.2, -0.15) is 0 Å². The second-order valence-electron chi connectivity index (χ2n) is 12.1. The fourth-order valence-corrected chi connectivity index (χ4v) is 5.89. The van der Waals surface area contributed by atoms with Crippen molar-refractivity contribution in [3.05, 3.63) is 143 Å². The first-order valence-corrected chi connectivity index (χ1v) is 16.3. The largest absolute Gasteiger partial charge is 0.397 e. The van der Waals surface area contributed by atoms with Crippen molar-refractivity contribution < 1.29 is 4.92 Å². The molecular formula is C38H34N12O2. The molecular weight excluding hydrogens is 656 g/mol. The predicted molar refractivity (Wildman–Crippen MR) is 203 cm³/mol. The zero-order chi connectivity index (χ0) is 36.4. The number of aryl methyl sites for hydroxylation is 4. The van der Waals surface area contributed by atoms with Gasteiger partial charge in [0.1, 0.15) is 17.3 Å². The third-order valence-corrected chi connectivity index (χ3v) is 8.24. The molecule has 0 aliphatic carbocycles. The molecule has 0 amide bonds. The number of hydrogen-bond donors (Lipinski definition) is 3. The van der Waals surface area contributed by atoms with E-state index in [0.717, 1.165) is 50.5 Å². The summed E-state index contributed by atoms with van der Waals surface area (Å²) in [6.07, 6.45) is 6.57. The zero-order valence-electron chi connectivity index (χ0n) is 28.8. The van der Waals surface area contributed by atoms with Gasteiger partial charge in [-0.3, -0.25) is 29.2 Å². The van der Waals surface area contributed by atoms with E-state index in [1.165, 1.54) is 12.3 Å². The van der Waals surface area contributed by atoms with Gasteiger partial charge < -0.3 is 16.4 Å². The smallest absolute Gasteiger partial charge is 0.292 e. The SMILES string of the molecule is Cc1ccc(Nc2cncc(-n3c(C)nc4ccccc43)n2)c(N)c1.Cc1ccc(Nc2cncc(-n3c(C)nc4ccccc43)n2)c([N+](=O)[O-])c1. The van der Waals surface area contributed by atoms with Crippen LogP contribution in [-0.2, 0) is 0 Å². The lowest BCUT2D eigenvalue weighted by molar-refractivity contribution is -0.384. The topological polar surface area (TPSA) is 180 Å². The van der Waals surface area contributed by atoms with E-state index in [2.05, 4.69) is 40.5 Å². The highest BCUT2D eigenvalue weighted by Crippen LogP contribution is 2.29. The molecule has 0 radical (unpaired) electrons. The van der Waals surface area contributed by atoms with E-state index in [1.807, 2.05) is 104 Å². The maximum atomic E-state index is 11.3. The van der Waals surface area contributed by atoms with Crippen LogP contribution in [0.3, 0.4) is 0 Å². The number of benzene rings is 4. The number of nitrogens with zero attached hydrogens (tertiary/aromatic N) is 9. The van der Waals surface area contributed by atoms with Gasteiger partial charge in [0, 0.05) is 6.07 Å². The minimum absolute atomic E-state index is 0.00790. The minimum atomic E-state index is -0.417. The lowest BCUT2D eigenvalue weighted by atomic mass is 10.2. The first-order valence-electron chi connectivity index (χ1n) is 16.3. The number of aromatic nitrogens is 8. The van der Waals surface area contributed by atoms with Crippen LogP contribution in [0.5, 0.6) is 0 Å². The quantitative estimate of drug-likeness (QED) is 0.0842. The van der Waals surface area contributed by atoms with E-state index < -0.39 is 4.92 Å². The van der Waals surface area contributed by atoms with Crippen molar-refractivity contribution in [3.63, 3.8) is 0 Å². The Morgan fingerprint density at radius 2 is 1.10 bits per heavy atom. The van der Waals surface area contributed by atoms with Crippen molar-refractivity contribution >= 4 is 56.5 Å². The van der Waals surface area contributed by atoms with Gasteiger partial charge in [-0.05, 0) is 81.3 Å². The van der Waals surface area contributed by atoms with Gasteiger partial charge in [-0.15, -0.1) is 0 Å². The van der Waals surface area contributed by atoms with Crippen molar-refractivity contribution in [1.82, 2.24) is 39.0 Å². The molecule has 8 rings (SSSR count). The average Bonchev–Trinajstić information content (AvgIpc) is 3.65. The molecule has 0 spiro atoms. The first kappa shape index (κ1) is 33.3. The third kappa shape index (κ3) is 6.80. The molecule has 4 N–H and O–H groups in total. The Bertz CT molecular complexity index is 2590. The Morgan fingerprint density at radius 3 is 1.62 bits per heavy atom. The third-order valence-electron chi connectivity index (χ3n) is 8.24. The van der Waals surface area contributed by atoms with Gasteiger partial charge in [0.25, 0.3) is 5.69 Å². The Morgan fingerprint density at radius 1 is 0.615 bits per heavy atom. The van der Waals surface area contributed by atoms with Crippen LogP contribution in [0.4, 0.5) is 34.4 Å². The predicted octanol–water partition coefficient (Wildman–Crippen LogP) is 7.84. The molecule has 0 unspecified atom stereocenters. The van der Waals surface area contributed by atoms with E-state index in [-0.39, 0.29) is 5.69 Å². The maximum absolute atomic E-state index is 11.3. The molecule has 258 valence electrons. The molecule has 52 heavy (non-hydrogen) atoms. The van der Waals surface area contributed by atoms with Crippen molar-refractivity contribution in [3.8, 4) is 11.6 Å². The summed E-state index contributed by atoms with van der Waals surface area (Å²) in [5.41, 5.74) is 13.6. The number of fused-ring (bicyclic) bond motifs is 2. The molecule has 0 aliphatic rings. The summed E-state index contributed by atoms with van der Waals surface area (Å²) < 4.78 is 3.89. The molecule has 0 bridgehead atoms. The number of hydrogen-bond acceptors (Lipinski definition) is 11. The van der Waals surface area contributed by atoms with Gasteiger partial charge in [-0.25, -0.2) is 19.9 Å². The van der Waals surface area contributed by atoms with Gasteiger partial charge in [0.2, 0.25) is 0 Å². The molecule has 14 nitrogen and oxygen atoms in total. The summed E-state index contributed by atoms with van der Waals surface area (Å²) in [4.78, 5) is 37.8. The van der Waals surface area contributed by atoms with Gasteiger partial charge in [-0.1, -0.05) is 36.4 Å². The van der Waals surface area contributed by atoms with Crippen LogP contribution < -0.4 is 16.4 Å². The molecule has 0 aliphatic heterocycles. The molecule has 0 fully saturated rings. The molecule has 14 heteroatoms. The number of imidazole rings is 2. The standard InChI is InChI=1S/C19H16N6O2.C19H18N6/c1-12-7-8-15(17(9-12)25(26)27)22-18-10-20-11-19(23-18)24-13(2)21-14-5-3-4-6-16(14)24;1-12-7-8-15(14(20)9-12)23-18-10-21-11-19(24-18)25-13(2)22-16-5-3-4-6-17(16)25/h3-11H,1-2H3,(H,22,23);3-11H,20H2,1-2H3,(H,23,24). The molecule has 8 aromatic rings. The minimum Gasteiger partial charge on any atom is -0.397 e. The number of rotatable bonds is 7. The van der Waals surface area contributed by atoms with E-state index >= 15 is 0 Å². The normalized spacial score (nSPS) is 10.9. The first-order chi connectivity index (χ1) is 25.1. The van der Waals surface area contributed by atoms with Gasteiger partial charge in [0.05, 0.1) is 63.2 Å². The fourth-order valence-electron chi connectivity index (χ4n) is 5.89.